The van der Waals surface area contributed by atoms with Crippen LogP contribution in [-0.2, 0) is 17.7 Å². The molecule has 6 nitrogen and oxygen atoms in total. The Morgan fingerprint density at radius 1 is 1.24 bits per heavy atom. The summed E-state index contributed by atoms with van der Waals surface area (Å²) in [6.45, 7) is 6.26. The van der Waals surface area contributed by atoms with E-state index in [2.05, 4.69) is 51.9 Å². The molecule has 2 aromatic rings. The third-order valence-corrected chi connectivity index (χ3v) is 4.97. The van der Waals surface area contributed by atoms with E-state index in [1.54, 1.807) is 0 Å². The van der Waals surface area contributed by atoms with Crippen molar-refractivity contribution < 1.29 is 4.74 Å². The molecule has 160 valence electrons. The van der Waals surface area contributed by atoms with Gasteiger partial charge in [-0.25, -0.2) is 0 Å². The van der Waals surface area contributed by atoms with Gasteiger partial charge in [-0.1, -0.05) is 24.3 Å². The van der Waals surface area contributed by atoms with Crippen molar-refractivity contribution in [3.05, 3.63) is 53.9 Å². The summed E-state index contributed by atoms with van der Waals surface area (Å²) >= 11 is 0. The van der Waals surface area contributed by atoms with Gasteiger partial charge in [-0.2, -0.15) is 5.10 Å². The van der Waals surface area contributed by atoms with Gasteiger partial charge in [-0.15, -0.1) is 24.0 Å². The molecule has 1 aliphatic rings. The van der Waals surface area contributed by atoms with E-state index in [4.69, 9.17) is 4.74 Å². The van der Waals surface area contributed by atoms with Crippen molar-refractivity contribution in [3.63, 3.8) is 0 Å². The molecular formula is C22H34IN5O. The zero-order valence-corrected chi connectivity index (χ0v) is 19.7. The summed E-state index contributed by atoms with van der Waals surface area (Å²) < 4.78 is 8.12. The molecule has 1 aromatic heterocycles. The number of ether oxygens (including phenoxy) is 1. The summed E-state index contributed by atoms with van der Waals surface area (Å²) in [5.74, 6) is 0.881. The zero-order chi connectivity index (χ0) is 19.4. The monoisotopic (exact) mass is 511 g/mol. The first kappa shape index (κ1) is 23.7. The normalized spacial score (nSPS) is 16.0. The van der Waals surface area contributed by atoms with Crippen LogP contribution < -0.4 is 10.6 Å². The minimum absolute atomic E-state index is 0. The second kappa shape index (κ2) is 13.6. The molecule has 0 radical (unpaired) electrons. The minimum Gasteiger partial charge on any atom is -0.373 e. The van der Waals surface area contributed by atoms with Gasteiger partial charge in [0.15, 0.2) is 5.96 Å². The van der Waals surface area contributed by atoms with E-state index in [9.17, 15) is 0 Å². The lowest BCUT2D eigenvalue weighted by atomic mass is 9.89. The van der Waals surface area contributed by atoms with Gasteiger partial charge in [0.2, 0.25) is 0 Å². The minimum atomic E-state index is 0. The van der Waals surface area contributed by atoms with Gasteiger partial charge in [0.25, 0.3) is 0 Å². The van der Waals surface area contributed by atoms with Crippen LogP contribution >= 0.6 is 24.0 Å². The first-order valence-corrected chi connectivity index (χ1v) is 10.6. The zero-order valence-electron chi connectivity index (χ0n) is 17.3. The quantitative estimate of drug-likeness (QED) is 0.220. The number of guanidine groups is 1. The van der Waals surface area contributed by atoms with Crippen molar-refractivity contribution in [2.75, 3.05) is 26.2 Å². The average Bonchev–Trinajstić information content (AvgIpc) is 3.24. The van der Waals surface area contributed by atoms with Crippen LogP contribution in [0.3, 0.4) is 0 Å². The molecule has 1 unspecified atom stereocenters. The van der Waals surface area contributed by atoms with Crippen molar-refractivity contribution in [1.29, 1.82) is 0 Å². The molecule has 0 saturated carbocycles. The molecule has 0 bridgehead atoms. The highest BCUT2D eigenvalue weighted by molar-refractivity contribution is 14.0. The highest BCUT2D eigenvalue weighted by atomic mass is 127. The SMILES string of the molecule is CCNC(=NCCCn1cccn1)NCCCOC1CCCc2ccccc21.I. The van der Waals surface area contributed by atoms with E-state index >= 15 is 0 Å². The Labute approximate surface area is 191 Å². The summed E-state index contributed by atoms with van der Waals surface area (Å²) in [6, 6.07) is 10.6. The highest BCUT2D eigenvalue weighted by Crippen LogP contribution is 2.32. The Morgan fingerprint density at radius 2 is 2.14 bits per heavy atom. The number of rotatable bonds is 10. The molecule has 1 aromatic carbocycles. The standard InChI is InChI=1S/C22H33N5O.HI/c1-2-23-22(24-13-6-16-27-17-7-15-26-27)25-14-8-18-28-21-12-5-10-19-9-3-4-11-20(19)21;/h3-4,7,9,11,15,17,21H,2,5-6,8,10,12-14,16,18H2,1H3,(H2,23,24,25);1H. The molecule has 3 rings (SSSR count). The maximum absolute atomic E-state index is 6.18. The number of benzene rings is 1. The summed E-state index contributed by atoms with van der Waals surface area (Å²) in [5.41, 5.74) is 2.84. The molecule has 0 spiro atoms. The van der Waals surface area contributed by atoms with E-state index in [0.29, 0.717) is 0 Å². The summed E-state index contributed by atoms with van der Waals surface area (Å²) in [7, 11) is 0. The molecule has 0 aliphatic heterocycles. The molecule has 1 heterocycles. The molecule has 0 amide bonds. The van der Waals surface area contributed by atoms with Gasteiger partial charge < -0.3 is 15.4 Å². The first-order valence-electron chi connectivity index (χ1n) is 10.6. The fourth-order valence-corrected chi connectivity index (χ4v) is 3.59. The molecule has 1 aliphatic carbocycles. The van der Waals surface area contributed by atoms with E-state index < -0.39 is 0 Å². The number of aryl methyl sites for hydroxylation is 2. The molecule has 0 fully saturated rings. The number of aromatic nitrogens is 2. The average molecular weight is 511 g/mol. The number of nitrogens with zero attached hydrogens (tertiary/aromatic N) is 3. The number of fused-ring (bicyclic) bond motifs is 1. The molecule has 0 saturated heterocycles. The van der Waals surface area contributed by atoms with Crippen LogP contribution in [0.25, 0.3) is 0 Å². The first-order chi connectivity index (χ1) is 13.9. The Balaban J connectivity index is 0.00000300. The van der Waals surface area contributed by atoms with Gasteiger partial charge in [0.05, 0.1) is 6.10 Å². The number of halogens is 1. The number of nitrogens with one attached hydrogen (secondary N) is 2. The predicted octanol–water partition coefficient (Wildman–Crippen LogP) is 3.93. The van der Waals surface area contributed by atoms with Crippen LogP contribution in [0.1, 0.15) is 49.8 Å². The molecule has 1 atom stereocenters. The largest absolute Gasteiger partial charge is 0.373 e. The third kappa shape index (κ3) is 7.97. The lowest BCUT2D eigenvalue weighted by Crippen LogP contribution is -2.38. The van der Waals surface area contributed by atoms with E-state index in [1.165, 1.54) is 24.0 Å². The Kier molecular flexibility index (Phi) is 11.1. The molecule has 29 heavy (non-hydrogen) atoms. The smallest absolute Gasteiger partial charge is 0.191 e. The Morgan fingerprint density at radius 3 is 2.97 bits per heavy atom. The van der Waals surface area contributed by atoms with Crippen molar-refractivity contribution in [2.24, 2.45) is 4.99 Å². The van der Waals surface area contributed by atoms with Gasteiger partial charge in [0, 0.05) is 45.2 Å². The van der Waals surface area contributed by atoms with Crippen LogP contribution in [0, 0.1) is 0 Å². The number of hydrogen-bond acceptors (Lipinski definition) is 3. The second-order valence-electron chi connectivity index (χ2n) is 7.11. The predicted molar refractivity (Wildman–Crippen MR) is 129 cm³/mol. The van der Waals surface area contributed by atoms with Crippen molar-refractivity contribution in [2.45, 2.75) is 51.7 Å². The number of hydrogen-bond donors (Lipinski definition) is 2. The maximum atomic E-state index is 6.18. The molecular weight excluding hydrogens is 477 g/mol. The van der Waals surface area contributed by atoms with Crippen LogP contribution in [0.15, 0.2) is 47.7 Å². The Hall–Kier alpha value is -1.61. The van der Waals surface area contributed by atoms with Gasteiger partial charge in [-0.05, 0) is 56.2 Å². The number of aliphatic imine (C=N–C) groups is 1. The van der Waals surface area contributed by atoms with Gasteiger partial charge in [0.1, 0.15) is 0 Å². The summed E-state index contributed by atoms with van der Waals surface area (Å²) in [5, 5.41) is 10.9. The van der Waals surface area contributed by atoms with Crippen molar-refractivity contribution >= 4 is 29.9 Å². The van der Waals surface area contributed by atoms with E-state index in [1.807, 2.05) is 23.1 Å². The van der Waals surface area contributed by atoms with Gasteiger partial charge >= 0.3 is 0 Å². The summed E-state index contributed by atoms with van der Waals surface area (Å²) in [6.07, 6.45) is 9.52. The van der Waals surface area contributed by atoms with E-state index in [0.717, 1.165) is 58.0 Å². The molecule has 7 heteroatoms. The highest BCUT2D eigenvalue weighted by Gasteiger charge is 2.19. The van der Waals surface area contributed by atoms with Gasteiger partial charge in [-0.3, -0.25) is 9.67 Å². The fraction of sp³-hybridized carbons (Fsp3) is 0.545. The third-order valence-electron chi connectivity index (χ3n) is 4.97. The van der Waals surface area contributed by atoms with Crippen LogP contribution in [0.4, 0.5) is 0 Å². The second-order valence-corrected chi connectivity index (χ2v) is 7.11. The molecule has 2 N–H and O–H groups in total. The maximum Gasteiger partial charge on any atom is 0.191 e. The van der Waals surface area contributed by atoms with Crippen molar-refractivity contribution in [3.8, 4) is 0 Å². The topological polar surface area (TPSA) is 63.5 Å². The lowest BCUT2D eigenvalue weighted by Gasteiger charge is -2.25. The summed E-state index contributed by atoms with van der Waals surface area (Å²) in [4.78, 5) is 4.64. The fourth-order valence-electron chi connectivity index (χ4n) is 3.59. The van der Waals surface area contributed by atoms with Crippen LogP contribution in [0.2, 0.25) is 0 Å². The van der Waals surface area contributed by atoms with Crippen LogP contribution in [-0.4, -0.2) is 42.0 Å². The lowest BCUT2D eigenvalue weighted by molar-refractivity contribution is 0.0398. The Bertz CT molecular complexity index is 720. The van der Waals surface area contributed by atoms with Crippen molar-refractivity contribution in [1.82, 2.24) is 20.4 Å². The van der Waals surface area contributed by atoms with E-state index in [-0.39, 0.29) is 30.1 Å². The van der Waals surface area contributed by atoms with Crippen LogP contribution in [0.5, 0.6) is 0 Å².